The molecule has 0 fully saturated rings. The number of hydrogen-bond donors (Lipinski definition) is 4. The van der Waals surface area contributed by atoms with Crippen molar-refractivity contribution in [2.45, 2.75) is 11.8 Å². The van der Waals surface area contributed by atoms with Crippen molar-refractivity contribution in [3.8, 4) is 0 Å². The van der Waals surface area contributed by atoms with Crippen molar-refractivity contribution in [2.24, 2.45) is 0 Å². The van der Waals surface area contributed by atoms with Crippen LogP contribution in [0, 0.1) is 0 Å². The first-order chi connectivity index (χ1) is 9.51. The minimum absolute atomic E-state index is 0. The predicted octanol–water partition coefficient (Wildman–Crippen LogP) is -13.4. The summed E-state index contributed by atoms with van der Waals surface area (Å²) in [5.41, 5.74) is 0. The molecule has 0 radical (unpaired) electrons. The fourth-order valence-electron chi connectivity index (χ4n) is 0.183. The van der Waals surface area contributed by atoms with Gasteiger partial charge >= 0.3 is 92.3 Å². The maximum atomic E-state index is 11.5. The summed E-state index contributed by atoms with van der Waals surface area (Å²) >= 11 is 0. The Balaban J connectivity index is -0.0000000543. The van der Waals surface area contributed by atoms with Gasteiger partial charge in [-0.15, -0.1) is 0 Å². The molecule has 0 unspecified atom stereocenters. The molecule has 0 aromatic heterocycles. The molecule has 0 saturated heterocycles. The zero-order valence-corrected chi connectivity index (χ0v) is 12.7. The van der Waals surface area contributed by atoms with Gasteiger partial charge in [-0.3, -0.25) is 7.32 Å². The van der Waals surface area contributed by atoms with Crippen LogP contribution < -0.4 is 71.7 Å². The average Bonchev–Trinajstić information content (AvgIpc) is 2.27. The summed E-state index contributed by atoms with van der Waals surface area (Å²) in [6, 6.07) is 0. The molecule has 11 nitrogen and oxygen atoms in total. The Morgan fingerprint density at radius 3 is 0.680 bits per heavy atom. The minimum Gasteiger partial charge on any atom is -0.907 e. The Kier molecular flexibility index (Phi) is 26.5. The van der Waals surface area contributed by atoms with Crippen LogP contribution >= 0.6 is 0 Å². The smallest absolute Gasteiger partial charge is 0.907 e. The first-order valence-electron chi connectivity index (χ1n) is 4.17. The summed E-state index contributed by atoms with van der Waals surface area (Å²) < 4.78 is 45.9. The van der Waals surface area contributed by atoms with E-state index in [9.17, 15) is 36.7 Å². The molecule has 0 aliphatic carbocycles. The van der Waals surface area contributed by atoms with Crippen LogP contribution in [0.5, 0.6) is 0 Å². The molecule has 0 aromatic carbocycles. The van der Waals surface area contributed by atoms with Gasteiger partial charge in [0, 0.05) is 0 Å². The molecule has 128 valence electrons. The van der Waals surface area contributed by atoms with Crippen LogP contribution in [-0.4, -0.2) is 63.5 Å². The number of aliphatic carboxylic acids is 4. The van der Waals surface area contributed by atoms with Crippen molar-refractivity contribution < 1.29 is 129 Å². The van der Waals surface area contributed by atoms with E-state index in [2.05, 4.69) is 0 Å². The van der Waals surface area contributed by atoms with E-state index >= 15 is 0 Å². The van der Waals surface area contributed by atoms with Gasteiger partial charge in [0.05, 0.1) is 0 Å². The van der Waals surface area contributed by atoms with Gasteiger partial charge in [0.2, 0.25) is 0 Å². The van der Waals surface area contributed by atoms with Gasteiger partial charge in [0.25, 0.3) is 0 Å². The van der Waals surface area contributed by atoms with Gasteiger partial charge in [-0.05, 0) is 0 Å². The van der Waals surface area contributed by atoms with Crippen LogP contribution in [0.2, 0.25) is 0 Å². The number of rotatable bonds is 4. The molecule has 0 saturated carbocycles. The SMILES string of the molecule is O=C(O)C(F)(F)C(=O)O.O=C(O)C(F)(F)C(=O)O.[Li+].[Li+].[Li+].[O-]B([O-])[O-]. The molecule has 0 heterocycles. The first-order valence-corrected chi connectivity index (χ1v) is 4.17. The third kappa shape index (κ3) is 19.5. The third-order valence-electron chi connectivity index (χ3n) is 1.07. The zero-order valence-electron chi connectivity index (χ0n) is 12.7. The molecule has 0 aliphatic rings. The maximum absolute atomic E-state index is 11.5. The number of alkyl halides is 4. The Hall–Kier alpha value is -0.663. The Morgan fingerprint density at radius 2 is 0.680 bits per heavy atom. The van der Waals surface area contributed by atoms with Crippen LogP contribution in [0.25, 0.3) is 0 Å². The summed E-state index contributed by atoms with van der Waals surface area (Å²) in [5.74, 6) is -20.0. The Labute approximate surface area is 171 Å². The minimum atomic E-state index is -4.67. The van der Waals surface area contributed by atoms with E-state index in [0.717, 1.165) is 0 Å². The molecule has 0 aliphatic heterocycles. The second-order valence-corrected chi connectivity index (χ2v) is 2.66. The Morgan fingerprint density at radius 1 is 0.600 bits per heavy atom. The van der Waals surface area contributed by atoms with E-state index in [1.165, 1.54) is 0 Å². The van der Waals surface area contributed by atoms with Crippen molar-refractivity contribution in [3.05, 3.63) is 0 Å². The van der Waals surface area contributed by atoms with Gasteiger partial charge in [-0.2, -0.15) is 17.6 Å². The van der Waals surface area contributed by atoms with Crippen LogP contribution in [-0.2, 0) is 19.2 Å². The summed E-state index contributed by atoms with van der Waals surface area (Å²) in [5, 5.41) is 55.2. The Bertz CT molecular complexity index is 365. The molecule has 4 N–H and O–H groups in total. The van der Waals surface area contributed by atoms with Crippen molar-refractivity contribution in [3.63, 3.8) is 0 Å². The summed E-state index contributed by atoms with van der Waals surface area (Å²) in [6.45, 7) is 0. The quantitative estimate of drug-likeness (QED) is 0.209. The molecular formula is C6H4BF4Li3O11. The standard InChI is InChI=1S/2C3H2F2O4.BO3.3Li/c2*4-3(5,1(6)7)2(8)9;2-1(3)4;;;/h2*(H,6,7)(H,8,9);;;;/q;;-3;3*+1. The fraction of sp³-hybridized carbons (Fsp3) is 0.333. The van der Waals surface area contributed by atoms with E-state index in [1.807, 2.05) is 0 Å². The second-order valence-electron chi connectivity index (χ2n) is 2.66. The van der Waals surface area contributed by atoms with Gasteiger partial charge in [0.1, 0.15) is 0 Å². The molecule has 0 aromatic rings. The first kappa shape index (κ1) is 39.4. The van der Waals surface area contributed by atoms with Crippen molar-refractivity contribution in [2.75, 3.05) is 0 Å². The van der Waals surface area contributed by atoms with Crippen LogP contribution in [0.15, 0.2) is 0 Å². The summed E-state index contributed by atoms with van der Waals surface area (Å²) in [7, 11) is -2.92. The van der Waals surface area contributed by atoms with Crippen molar-refractivity contribution >= 4 is 31.2 Å². The number of halogens is 4. The van der Waals surface area contributed by atoms with E-state index in [1.54, 1.807) is 0 Å². The third-order valence-corrected chi connectivity index (χ3v) is 1.07. The predicted molar refractivity (Wildman–Crippen MR) is 46.2 cm³/mol. The van der Waals surface area contributed by atoms with Gasteiger partial charge < -0.3 is 35.5 Å². The monoisotopic (exact) mass is 360 g/mol. The van der Waals surface area contributed by atoms with E-state index < -0.39 is 43.0 Å². The van der Waals surface area contributed by atoms with Gasteiger partial charge in [-0.25, -0.2) is 19.2 Å². The van der Waals surface area contributed by atoms with Crippen LogP contribution in [0.1, 0.15) is 0 Å². The fourth-order valence-corrected chi connectivity index (χ4v) is 0.183. The van der Waals surface area contributed by atoms with E-state index in [0.29, 0.717) is 0 Å². The molecule has 0 bridgehead atoms. The van der Waals surface area contributed by atoms with Gasteiger partial charge in [0.15, 0.2) is 0 Å². The maximum Gasteiger partial charge on any atom is 1.00 e. The van der Waals surface area contributed by atoms with Crippen LogP contribution in [0.4, 0.5) is 17.6 Å². The summed E-state index contributed by atoms with van der Waals surface area (Å²) in [4.78, 5) is 37.3. The van der Waals surface area contributed by atoms with E-state index in [4.69, 9.17) is 35.5 Å². The van der Waals surface area contributed by atoms with Gasteiger partial charge in [-0.1, -0.05) is 0 Å². The molecule has 25 heavy (non-hydrogen) atoms. The van der Waals surface area contributed by atoms with Crippen molar-refractivity contribution in [1.82, 2.24) is 0 Å². The molecule has 0 rings (SSSR count). The number of hydrogen-bond acceptors (Lipinski definition) is 7. The van der Waals surface area contributed by atoms with E-state index in [-0.39, 0.29) is 56.6 Å². The second kappa shape index (κ2) is 16.8. The zero-order chi connectivity index (χ0) is 18.9. The molecular weight excluding hydrogens is 356 g/mol. The molecule has 0 amide bonds. The van der Waals surface area contributed by atoms with Crippen LogP contribution in [0.3, 0.4) is 0 Å². The number of carboxylic acid groups (broad SMARTS) is 4. The van der Waals surface area contributed by atoms with Crippen molar-refractivity contribution in [1.29, 1.82) is 0 Å². The molecule has 0 spiro atoms. The topological polar surface area (TPSA) is 218 Å². The normalized spacial score (nSPS) is 8.92. The number of carbonyl (C=O) groups is 4. The largest absolute Gasteiger partial charge is 1.00 e. The average molecular weight is 360 g/mol. The molecule has 0 atom stereocenters. The molecule has 19 heteroatoms. The number of carboxylic acids is 4. The summed E-state index contributed by atoms with van der Waals surface area (Å²) in [6.07, 6.45) is 0.